The number of aliphatic hydroxyl groups is 1. The summed E-state index contributed by atoms with van der Waals surface area (Å²) in [7, 11) is 0. The van der Waals surface area contributed by atoms with Crippen LogP contribution >= 0.6 is 27.3 Å². The summed E-state index contributed by atoms with van der Waals surface area (Å²) in [5, 5.41) is 11.0. The van der Waals surface area contributed by atoms with Crippen LogP contribution < -0.4 is 10.3 Å². The molecule has 0 unspecified atom stereocenters. The molecule has 5 nitrogen and oxygen atoms in total. The summed E-state index contributed by atoms with van der Waals surface area (Å²) in [5.41, 5.74) is 0.485. The normalized spacial score (nSPS) is 11.2. The Kier molecular flexibility index (Phi) is 6.22. The van der Waals surface area contributed by atoms with Crippen LogP contribution in [0.1, 0.15) is 13.3 Å². The Bertz CT molecular complexity index is 639. The van der Waals surface area contributed by atoms with Crippen molar-refractivity contribution in [1.82, 2.24) is 0 Å². The van der Waals surface area contributed by atoms with Crippen LogP contribution in [-0.2, 0) is 4.74 Å². The first-order valence-electron chi connectivity index (χ1n) is 6.81. The van der Waals surface area contributed by atoms with Crippen molar-refractivity contribution in [3.05, 3.63) is 26.1 Å². The number of hydrogen-bond donors (Lipinski definition) is 1. The summed E-state index contributed by atoms with van der Waals surface area (Å²) in [4.78, 5) is 13.9. The minimum absolute atomic E-state index is 0.0136. The fourth-order valence-electron chi connectivity index (χ4n) is 1.93. The second-order valence-corrected chi connectivity index (χ2v) is 6.25. The largest absolute Gasteiger partial charge is 0.438 e. The highest BCUT2D eigenvalue weighted by Crippen LogP contribution is 2.30. The van der Waals surface area contributed by atoms with Gasteiger partial charge in [-0.2, -0.15) is 0 Å². The fourth-order valence-corrected chi connectivity index (χ4v) is 3.39. The van der Waals surface area contributed by atoms with Crippen LogP contribution in [0.25, 0.3) is 10.3 Å². The van der Waals surface area contributed by atoms with Crippen LogP contribution in [0, 0.1) is 0 Å². The Hall–Kier alpha value is -0.890. The Morgan fingerprint density at radius 1 is 1.43 bits per heavy atom. The van der Waals surface area contributed by atoms with Gasteiger partial charge >= 0.3 is 0 Å². The van der Waals surface area contributed by atoms with E-state index in [0.29, 0.717) is 42.5 Å². The number of fused-ring (bicyclic) bond motifs is 1. The highest BCUT2D eigenvalue weighted by molar-refractivity contribution is 9.10. The molecule has 2 rings (SSSR count). The van der Waals surface area contributed by atoms with Crippen molar-refractivity contribution in [2.45, 2.75) is 13.3 Å². The highest BCUT2D eigenvalue weighted by atomic mass is 79.9. The predicted octanol–water partition coefficient (Wildman–Crippen LogP) is 2.84. The molecule has 1 N–H and O–H groups in total. The summed E-state index contributed by atoms with van der Waals surface area (Å²) < 4.78 is 12.6. The SMILES string of the molecule is CCCOCCN(CCO)c1cc(=O)c2scc(Br)c2o1. The summed E-state index contributed by atoms with van der Waals surface area (Å²) >= 11 is 4.73. The molecule has 21 heavy (non-hydrogen) atoms. The first-order chi connectivity index (χ1) is 10.2. The molecule has 0 spiro atoms. The zero-order chi connectivity index (χ0) is 15.2. The van der Waals surface area contributed by atoms with Gasteiger partial charge in [-0.1, -0.05) is 6.92 Å². The lowest BCUT2D eigenvalue weighted by molar-refractivity contribution is 0.139. The van der Waals surface area contributed by atoms with E-state index in [0.717, 1.165) is 10.9 Å². The number of halogens is 1. The van der Waals surface area contributed by atoms with Crippen LogP contribution in [0.3, 0.4) is 0 Å². The molecule has 0 aromatic carbocycles. The lowest BCUT2D eigenvalue weighted by Gasteiger charge is -2.22. The minimum atomic E-state index is -0.0700. The van der Waals surface area contributed by atoms with Crippen LogP contribution in [0.2, 0.25) is 0 Å². The van der Waals surface area contributed by atoms with Crippen molar-refractivity contribution in [2.75, 3.05) is 37.8 Å². The lowest BCUT2D eigenvalue weighted by atomic mass is 10.4. The van der Waals surface area contributed by atoms with Crippen LogP contribution in [-0.4, -0.2) is 38.0 Å². The van der Waals surface area contributed by atoms with E-state index in [1.165, 1.54) is 17.4 Å². The molecule has 2 heterocycles. The molecule has 2 aromatic heterocycles. The average molecular weight is 376 g/mol. The van der Waals surface area contributed by atoms with Gasteiger partial charge in [-0.3, -0.25) is 4.79 Å². The third-order valence-corrected chi connectivity index (χ3v) is 4.79. The molecule has 0 aliphatic heterocycles. The molecule has 0 bridgehead atoms. The van der Waals surface area contributed by atoms with E-state index in [-0.39, 0.29) is 12.0 Å². The molecule has 0 aliphatic rings. The Morgan fingerprint density at radius 3 is 2.95 bits per heavy atom. The maximum absolute atomic E-state index is 12.1. The monoisotopic (exact) mass is 375 g/mol. The molecule has 2 aromatic rings. The van der Waals surface area contributed by atoms with E-state index in [4.69, 9.17) is 9.15 Å². The predicted molar refractivity (Wildman–Crippen MR) is 88.5 cm³/mol. The van der Waals surface area contributed by atoms with Gasteiger partial charge < -0.3 is 19.2 Å². The quantitative estimate of drug-likeness (QED) is 0.718. The number of thiophene rings is 1. The van der Waals surface area contributed by atoms with Crippen LogP contribution in [0.15, 0.2) is 25.1 Å². The van der Waals surface area contributed by atoms with Gasteiger partial charge in [0.25, 0.3) is 0 Å². The Labute approximate surface area is 135 Å². The smallest absolute Gasteiger partial charge is 0.204 e. The third kappa shape index (κ3) is 4.06. The van der Waals surface area contributed by atoms with Gasteiger partial charge in [-0.25, -0.2) is 0 Å². The molecular formula is C14H18BrNO4S. The minimum Gasteiger partial charge on any atom is -0.438 e. The van der Waals surface area contributed by atoms with E-state index in [2.05, 4.69) is 15.9 Å². The molecule has 0 fully saturated rings. The molecule has 0 amide bonds. The van der Waals surface area contributed by atoms with Crippen molar-refractivity contribution < 1.29 is 14.3 Å². The van der Waals surface area contributed by atoms with E-state index in [1.54, 1.807) is 0 Å². The summed E-state index contributed by atoms with van der Waals surface area (Å²) in [6.45, 7) is 4.22. The van der Waals surface area contributed by atoms with Crippen molar-refractivity contribution in [3.8, 4) is 0 Å². The van der Waals surface area contributed by atoms with E-state index >= 15 is 0 Å². The zero-order valence-corrected chi connectivity index (χ0v) is 14.2. The number of anilines is 1. The number of aliphatic hydroxyl groups excluding tert-OH is 1. The maximum Gasteiger partial charge on any atom is 0.204 e. The van der Waals surface area contributed by atoms with Crippen molar-refractivity contribution in [2.24, 2.45) is 0 Å². The number of ether oxygens (including phenoxy) is 1. The average Bonchev–Trinajstić information content (AvgIpc) is 2.84. The number of hydrogen-bond acceptors (Lipinski definition) is 6. The number of nitrogens with zero attached hydrogens (tertiary/aromatic N) is 1. The molecular weight excluding hydrogens is 358 g/mol. The van der Waals surface area contributed by atoms with E-state index < -0.39 is 0 Å². The summed E-state index contributed by atoms with van der Waals surface area (Å²) in [6.07, 6.45) is 0.961. The van der Waals surface area contributed by atoms with Crippen LogP contribution in [0.5, 0.6) is 0 Å². The summed E-state index contributed by atoms with van der Waals surface area (Å²) in [5.74, 6) is 0.459. The van der Waals surface area contributed by atoms with Crippen LogP contribution in [0.4, 0.5) is 5.88 Å². The summed E-state index contributed by atoms with van der Waals surface area (Å²) in [6, 6.07) is 1.47. The molecule has 0 atom stereocenters. The first kappa shape index (κ1) is 16.5. The standard InChI is InChI=1S/C14H18BrNO4S/c1-2-6-19-7-4-16(3-5-17)12-8-11(18)14-13(20-12)10(15)9-21-14/h8-9,17H,2-7H2,1H3. The Morgan fingerprint density at radius 2 is 2.24 bits per heavy atom. The fraction of sp³-hybridized carbons (Fsp3) is 0.500. The van der Waals surface area contributed by atoms with Gasteiger partial charge in [0.1, 0.15) is 4.70 Å². The molecule has 0 aliphatic carbocycles. The number of rotatable bonds is 8. The van der Waals surface area contributed by atoms with Gasteiger partial charge in [0.2, 0.25) is 5.43 Å². The molecule has 116 valence electrons. The van der Waals surface area contributed by atoms with Crippen molar-refractivity contribution >= 4 is 43.4 Å². The zero-order valence-electron chi connectivity index (χ0n) is 11.8. The maximum atomic E-state index is 12.1. The highest BCUT2D eigenvalue weighted by Gasteiger charge is 2.14. The van der Waals surface area contributed by atoms with Gasteiger partial charge in [0, 0.05) is 31.1 Å². The van der Waals surface area contributed by atoms with Gasteiger partial charge in [0.05, 0.1) is 17.7 Å². The van der Waals surface area contributed by atoms with Crippen molar-refractivity contribution in [1.29, 1.82) is 0 Å². The second-order valence-electron chi connectivity index (χ2n) is 4.51. The lowest BCUT2D eigenvalue weighted by Crippen LogP contribution is -2.31. The topological polar surface area (TPSA) is 62.9 Å². The van der Waals surface area contributed by atoms with Crippen molar-refractivity contribution in [3.63, 3.8) is 0 Å². The Balaban J connectivity index is 2.22. The molecule has 0 radical (unpaired) electrons. The molecule has 0 saturated heterocycles. The third-order valence-electron chi connectivity index (χ3n) is 2.92. The van der Waals surface area contributed by atoms with Gasteiger partial charge in [0.15, 0.2) is 11.5 Å². The van der Waals surface area contributed by atoms with E-state index in [9.17, 15) is 9.90 Å². The molecule has 0 saturated carbocycles. The van der Waals surface area contributed by atoms with E-state index in [1.807, 2.05) is 17.2 Å². The van der Waals surface area contributed by atoms with Gasteiger partial charge in [-0.15, -0.1) is 11.3 Å². The first-order valence-corrected chi connectivity index (χ1v) is 8.49. The molecule has 7 heteroatoms. The van der Waals surface area contributed by atoms with Gasteiger partial charge in [-0.05, 0) is 22.4 Å². The second kappa shape index (κ2) is 7.93.